The van der Waals surface area contributed by atoms with E-state index < -0.39 is 10.0 Å². The second-order valence-electron chi connectivity index (χ2n) is 8.14. The van der Waals surface area contributed by atoms with Crippen LogP contribution >= 0.6 is 0 Å². The number of amides is 2. The van der Waals surface area contributed by atoms with Gasteiger partial charge in [0.05, 0.1) is 19.1 Å². The second-order valence-corrected chi connectivity index (χ2v) is 9.85. The average Bonchev–Trinajstić information content (AvgIpc) is 2.84. The third-order valence-electron chi connectivity index (χ3n) is 5.63. The molecule has 3 N–H and O–H groups in total. The van der Waals surface area contributed by atoms with Gasteiger partial charge in [-0.05, 0) is 49.2 Å². The molecule has 1 aliphatic rings. The first-order valence-corrected chi connectivity index (χ1v) is 12.7. The van der Waals surface area contributed by atoms with E-state index in [1.165, 1.54) is 26.4 Å². The summed E-state index contributed by atoms with van der Waals surface area (Å²) in [7, 11) is -0.601. The maximum Gasteiger partial charge on any atom is 0.251 e. The largest absolute Gasteiger partial charge is 0.497 e. The molecule has 34 heavy (non-hydrogen) atoms. The van der Waals surface area contributed by atoms with Gasteiger partial charge in [0.1, 0.15) is 11.5 Å². The van der Waals surface area contributed by atoms with Crippen LogP contribution in [0.3, 0.4) is 0 Å². The summed E-state index contributed by atoms with van der Waals surface area (Å²) in [5.41, 5.74) is 0.834. The van der Waals surface area contributed by atoms with Crippen LogP contribution in [0.1, 0.15) is 48.9 Å². The molecular formula is C24H31N3O6S. The third-order valence-corrected chi connectivity index (χ3v) is 7.16. The lowest BCUT2D eigenvalue weighted by molar-refractivity contribution is -0.116. The van der Waals surface area contributed by atoms with Crippen LogP contribution in [0.25, 0.3) is 0 Å². The van der Waals surface area contributed by atoms with Crippen molar-refractivity contribution in [3.8, 4) is 11.5 Å². The van der Waals surface area contributed by atoms with Crippen LogP contribution in [-0.4, -0.2) is 47.0 Å². The summed E-state index contributed by atoms with van der Waals surface area (Å²) in [5, 5.41) is 5.39. The molecule has 2 aromatic rings. The Balaban J connectivity index is 1.48. The van der Waals surface area contributed by atoms with Crippen molar-refractivity contribution in [2.24, 2.45) is 0 Å². The number of anilines is 1. The van der Waals surface area contributed by atoms with Crippen molar-refractivity contribution >= 4 is 27.5 Å². The number of sulfonamides is 1. The van der Waals surface area contributed by atoms with E-state index in [0.29, 0.717) is 22.7 Å². The van der Waals surface area contributed by atoms with Crippen LogP contribution in [0.4, 0.5) is 5.69 Å². The summed E-state index contributed by atoms with van der Waals surface area (Å²) in [5.74, 6) is 0.313. The fourth-order valence-electron chi connectivity index (χ4n) is 3.78. The number of rotatable bonds is 10. The van der Waals surface area contributed by atoms with Crippen molar-refractivity contribution in [3.05, 3.63) is 48.0 Å². The molecule has 0 unspecified atom stereocenters. The van der Waals surface area contributed by atoms with Gasteiger partial charge in [-0.2, -0.15) is 0 Å². The van der Waals surface area contributed by atoms with Gasteiger partial charge in [-0.3, -0.25) is 9.59 Å². The molecular weight excluding hydrogens is 458 g/mol. The van der Waals surface area contributed by atoms with E-state index in [-0.39, 0.29) is 35.7 Å². The molecule has 184 valence electrons. The van der Waals surface area contributed by atoms with Gasteiger partial charge in [-0.25, -0.2) is 13.1 Å². The summed E-state index contributed by atoms with van der Waals surface area (Å²) in [6.45, 7) is 0.127. The van der Waals surface area contributed by atoms with E-state index in [1.54, 1.807) is 30.3 Å². The van der Waals surface area contributed by atoms with E-state index in [1.807, 2.05) is 0 Å². The van der Waals surface area contributed by atoms with Crippen molar-refractivity contribution in [2.45, 2.75) is 49.5 Å². The summed E-state index contributed by atoms with van der Waals surface area (Å²) in [6.07, 6.45) is 4.98. The highest BCUT2D eigenvalue weighted by atomic mass is 32.2. The smallest absolute Gasteiger partial charge is 0.251 e. The van der Waals surface area contributed by atoms with Crippen LogP contribution in [-0.2, 0) is 14.8 Å². The summed E-state index contributed by atoms with van der Waals surface area (Å²) < 4.78 is 38.2. The minimum Gasteiger partial charge on any atom is -0.497 e. The summed E-state index contributed by atoms with van der Waals surface area (Å²) in [4.78, 5) is 24.8. The van der Waals surface area contributed by atoms with Crippen LogP contribution in [0, 0.1) is 0 Å². The monoisotopic (exact) mass is 489 g/mol. The third kappa shape index (κ3) is 7.19. The van der Waals surface area contributed by atoms with Gasteiger partial charge in [-0.1, -0.05) is 19.3 Å². The number of hydrogen-bond donors (Lipinski definition) is 3. The average molecular weight is 490 g/mol. The molecule has 0 atom stereocenters. The molecule has 0 aromatic heterocycles. The number of benzene rings is 2. The predicted octanol–water partition coefficient (Wildman–Crippen LogP) is 3.07. The zero-order valence-electron chi connectivity index (χ0n) is 19.4. The van der Waals surface area contributed by atoms with Crippen molar-refractivity contribution in [2.75, 3.05) is 26.1 Å². The second kappa shape index (κ2) is 11.8. The van der Waals surface area contributed by atoms with Gasteiger partial charge in [-0.15, -0.1) is 0 Å². The number of hydrogen-bond acceptors (Lipinski definition) is 6. The highest BCUT2D eigenvalue weighted by Crippen LogP contribution is 2.23. The Labute approximate surface area is 200 Å². The molecule has 2 aromatic carbocycles. The molecule has 0 radical (unpaired) electrons. The lowest BCUT2D eigenvalue weighted by Crippen LogP contribution is -2.36. The molecule has 10 heteroatoms. The van der Waals surface area contributed by atoms with Crippen molar-refractivity contribution in [1.29, 1.82) is 0 Å². The minimum atomic E-state index is -3.59. The summed E-state index contributed by atoms with van der Waals surface area (Å²) >= 11 is 0. The van der Waals surface area contributed by atoms with E-state index in [4.69, 9.17) is 9.47 Å². The van der Waals surface area contributed by atoms with Crippen LogP contribution < -0.4 is 24.8 Å². The maximum atomic E-state index is 12.6. The Morgan fingerprint density at radius 2 is 1.56 bits per heavy atom. The molecule has 1 saturated carbocycles. The van der Waals surface area contributed by atoms with Crippen molar-refractivity contribution in [3.63, 3.8) is 0 Å². The lowest BCUT2D eigenvalue weighted by atomic mass is 9.96. The number of carbonyl (C=O) groups is 2. The molecule has 0 spiro atoms. The molecule has 0 heterocycles. The fourth-order valence-corrected chi connectivity index (χ4v) is 5.08. The van der Waals surface area contributed by atoms with E-state index in [0.717, 1.165) is 32.1 Å². The van der Waals surface area contributed by atoms with Crippen LogP contribution in [0.5, 0.6) is 11.5 Å². The molecule has 1 aliphatic carbocycles. The summed E-state index contributed by atoms with van der Waals surface area (Å²) in [6, 6.07) is 10.8. The SMILES string of the molecule is COc1cc(OC)cc(C(=O)NCCC(=O)Nc2ccc(S(=O)(=O)NC3CCCCC3)cc2)c1. The number of carbonyl (C=O) groups excluding carboxylic acids is 2. The predicted molar refractivity (Wildman–Crippen MR) is 129 cm³/mol. The van der Waals surface area contributed by atoms with Crippen LogP contribution in [0.2, 0.25) is 0 Å². The molecule has 2 amide bonds. The molecule has 1 fully saturated rings. The number of methoxy groups -OCH3 is 2. The van der Waals surface area contributed by atoms with Crippen molar-refractivity contribution in [1.82, 2.24) is 10.0 Å². The number of ether oxygens (including phenoxy) is 2. The minimum absolute atomic E-state index is 0.0219. The van der Waals surface area contributed by atoms with Gasteiger partial charge in [0, 0.05) is 36.3 Å². The Hall–Kier alpha value is -3.11. The topological polar surface area (TPSA) is 123 Å². The fraction of sp³-hybridized carbons (Fsp3) is 0.417. The Kier molecular flexibility index (Phi) is 8.89. The first kappa shape index (κ1) is 25.5. The normalized spacial score (nSPS) is 14.3. The highest BCUT2D eigenvalue weighted by Gasteiger charge is 2.21. The van der Waals surface area contributed by atoms with Crippen LogP contribution in [0.15, 0.2) is 47.4 Å². The quantitative estimate of drug-likeness (QED) is 0.471. The molecule has 0 bridgehead atoms. The van der Waals surface area contributed by atoms with E-state index in [2.05, 4.69) is 15.4 Å². The van der Waals surface area contributed by atoms with E-state index in [9.17, 15) is 18.0 Å². The van der Waals surface area contributed by atoms with Gasteiger partial charge in [0.15, 0.2) is 0 Å². The lowest BCUT2D eigenvalue weighted by Gasteiger charge is -2.22. The molecule has 0 saturated heterocycles. The Morgan fingerprint density at radius 3 is 2.15 bits per heavy atom. The maximum absolute atomic E-state index is 12.6. The Bertz CT molecular complexity index is 1070. The standard InChI is InChI=1S/C24H31N3O6S/c1-32-20-14-17(15-21(16-20)33-2)24(29)25-13-12-23(28)26-18-8-10-22(11-9-18)34(30,31)27-19-6-4-3-5-7-19/h8-11,14-16,19,27H,3-7,12-13H2,1-2H3,(H,25,29)(H,26,28). The van der Waals surface area contributed by atoms with Gasteiger partial charge >= 0.3 is 0 Å². The first-order valence-electron chi connectivity index (χ1n) is 11.2. The number of nitrogens with one attached hydrogen (secondary N) is 3. The molecule has 3 rings (SSSR count). The van der Waals surface area contributed by atoms with Gasteiger partial charge in [0.25, 0.3) is 5.91 Å². The Morgan fingerprint density at radius 1 is 0.941 bits per heavy atom. The zero-order chi connectivity index (χ0) is 24.6. The molecule has 0 aliphatic heterocycles. The first-order chi connectivity index (χ1) is 16.3. The molecule has 9 nitrogen and oxygen atoms in total. The van der Waals surface area contributed by atoms with E-state index >= 15 is 0 Å². The van der Waals surface area contributed by atoms with Gasteiger partial charge < -0.3 is 20.1 Å². The highest BCUT2D eigenvalue weighted by molar-refractivity contribution is 7.89. The van der Waals surface area contributed by atoms with Gasteiger partial charge in [0.2, 0.25) is 15.9 Å². The zero-order valence-corrected chi connectivity index (χ0v) is 20.2. The van der Waals surface area contributed by atoms with Crippen molar-refractivity contribution < 1.29 is 27.5 Å².